The van der Waals surface area contributed by atoms with E-state index < -0.39 is 22.6 Å². The highest BCUT2D eigenvalue weighted by molar-refractivity contribution is 5.87. The number of halogens is 3. The van der Waals surface area contributed by atoms with Gasteiger partial charge in [-0.25, -0.2) is 0 Å². The fraction of sp³-hybridized carbons (Fsp3) is 0.267. The second-order valence-electron chi connectivity index (χ2n) is 10.6. The summed E-state index contributed by atoms with van der Waals surface area (Å²) in [5, 5.41) is 12.0. The largest absolute Gasteiger partial charge is 0.416 e. The van der Waals surface area contributed by atoms with Crippen molar-refractivity contribution >= 4 is 33.7 Å². The molecule has 1 saturated heterocycles. The zero-order chi connectivity index (χ0) is 29.6. The number of likely N-dealkylation sites (N-methyl/N-ethyl adjacent to an activating group) is 1. The first-order valence-corrected chi connectivity index (χ1v) is 13.4. The van der Waals surface area contributed by atoms with Crippen molar-refractivity contribution < 1.29 is 13.2 Å². The Labute approximate surface area is 238 Å². The quantitative estimate of drug-likeness (QED) is 0.274. The number of hydrogen-bond donors (Lipinski definition) is 2. The van der Waals surface area contributed by atoms with E-state index in [0.29, 0.717) is 18.9 Å². The van der Waals surface area contributed by atoms with E-state index in [1.165, 1.54) is 12.1 Å². The Morgan fingerprint density at radius 1 is 0.857 bits per heavy atom. The lowest BCUT2D eigenvalue weighted by molar-refractivity contribution is -0.138. The van der Waals surface area contributed by atoms with E-state index in [-0.39, 0.29) is 29.2 Å². The Hall–Kier alpha value is -4.55. The topological polar surface area (TPSA) is 95.4 Å². The Morgan fingerprint density at radius 3 is 2.33 bits per heavy atom. The second kappa shape index (κ2) is 10.7. The van der Waals surface area contributed by atoms with Crippen LogP contribution in [0.25, 0.3) is 22.0 Å². The van der Waals surface area contributed by atoms with Crippen molar-refractivity contribution in [3.8, 4) is 11.3 Å². The van der Waals surface area contributed by atoms with Gasteiger partial charge in [0.2, 0.25) is 0 Å². The van der Waals surface area contributed by atoms with Crippen molar-refractivity contribution in [1.82, 2.24) is 24.6 Å². The zero-order valence-corrected chi connectivity index (χ0v) is 23.0. The first-order chi connectivity index (χ1) is 20.1. The van der Waals surface area contributed by atoms with Crippen molar-refractivity contribution in [3.63, 3.8) is 0 Å². The van der Waals surface area contributed by atoms with Gasteiger partial charge in [-0.1, -0.05) is 18.2 Å². The molecule has 1 aliphatic rings. The van der Waals surface area contributed by atoms with Gasteiger partial charge in [0.05, 0.1) is 11.3 Å². The van der Waals surface area contributed by atoms with Gasteiger partial charge in [0.1, 0.15) is 11.4 Å². The summed E-state index contributed by atoms with van der Waals surface area (Å²) in [5.41, 5.74) is -0.682. The molecule has 9 nitrogen and oxygen atoms in total. The second-order valence-corrected chi connectivity index (χ2v) is 10.6. The van der Waals surface area contributed by atoms with Gasteiger partial charge in [0.15, 0.2) is 5.82 Å². The molecule has 2 aromatic heterocycles. The highest BCUT2D eigenvalue weighted by atomic mass is 19.4. The molecule has 2 N–H and O–H groups in total. The third-order valence-corrected chi connectivity index (χ3v) is 7.65. The molecule has 216 valence electrons. The summed E-state index contributed by atoms with van der Waals surface area (Å²) in [6.45, 7) is 3.11. The van der Waals surface area contributed by atoms with E-state index in [1.54, 1.807) is 30.2 Å². The van der Waals surface area contributed by atoms with Crippen LogP contribution in [-0.4, -0.2) is 57.8 Å². The van der Waals surface area contributed by atoms with E-state index in [1.807, 2.05) is 36.2 Å². The standard InChI is InChI=1S/C30H28F3N7O2/c1-38-9-11-40(12-10-38)17-20-5-6-22(14-23(20)30(31,32)33)35-26-27(29(42)28(26)41)36-25-15-24(39(2)37-25)19-4-3-18-7-8-34-16-21(18)13-19/h3-8,13-16,35H,9-12,17H2,1-2H3,(H,36,37). The first-order valence-electron chi connectivity index (χ1n) is 13.4. The molecule has 0 aliphatic carbocycles. The van der Waals surface area contributed by atoms with Crippen LogP contribution in [0.5, 0.6) is 0 Å². The van der Waals surface area contributed by atoms with Crippen molar-refractivity contribution in [2.75, 3.05) is 43.9 Å². The van der Waals surface area contributed by atoms with Gasteiger partial charge in [-0.15, -0.1) is 0 Å². The average Bonchev–Trinajstić information content (AvgIpc) is 3.35. The van der Waals surface area contributed by atoms with E-state index in [2.05, 4.69) is 25.6 Å². The molecule has 42 heavy (non-hydrogen) atoms. The number of piperazine rings is 1. The molecule has 0 atom stereocenters. The number of aryl methyl sites for hydroxylation is 1. The fourth-order valence-corrected chi connectivity index (χ4v) is 5.25. The molecule has 12 heteroatoms. The Morgan fingerprint density at radius 2 is 1.60 bits per heavy atom. The summed E-state index contributed by atoms with van der Waals surface area (Å²) in [4.78, 5) is 33.2. The maximum atomic E-state index is 14.0. The van der Waals surface area contributed by atoms with Crippen LogP contribution in [0.15, 0.2) is 70.5 Å². The van der Waals surface area contributed by atoms with E-state index in [4.69, 9.17) is 0 Å². The number of anilines is 4. The lowest BCUT2D eigenvalue weighted by Gasteiger charge is -2.33. The molecule has 0 radical (unpaired) electrons. The van der Waals surface area contributed by atoms with Gasteiger partial charge < -0.3 is 15.5 Å². The molecule has 5 aromatic rings. The number of rotatable bonds is 7. The van der Waals surface area contributed by atoms with Crippen molar-refractivity contribution in [3.05, 3.63) is 92.5 Å². The summed E-state index contributed by atoms with van der Waals surface area (Å²) in [7, 11) is 3.73. The predicted octanol–water partition coefficient (Wildman–Crippen LogP) is 4.48. The summed E-state index contributed by atoms with van der Waals surface area (Å²) in [5.74, 6) is 0.312. The molecular weight excluding hydrogens is 547 g/mol. The summed E-state index contributed by atoms with van der Waals surface area (Å²) < 4.78 is 43.7. The SMILES string of the molecule is CN1CCN(Cc2ccc(Nc3c(Nc4cc(-c5ccc6ccncc6c5)n(C)n4)c(=O)c3=O)cc2C(F)(F)F)CC1. The van der Waals surface area contributed by atoms with Gasteiger partial charge in [-0.2, -0.15) is 18.3 Å². The summed E-state index contributed by atoms with van der Waals surface area (Å²) >= 11 is 0. The fourth-order valence-electron chi connectivity index (χ4n) is 5.25. The third kappa shape index (κ3) is 5.38. The van der Waals surface area contributed by atoms with Crippen LogP contribution < -0.4 is 21.5 Å². The number of benzene rings is 2. The lowest BCUT2D eigenvalue weighted by Crippen LogP contribution is -2.44. The van der Waals surface area contributed by atoms with Crippen LogP contribution >= 0.6 is 0 Å². The molecule has 1 aliphatic heterocycles. The minimum atomic E-state index is -4.59. The molecule has 1 fully saturated rings. The number of hydrogen-bond acceptors (Lipinski definition) is 8. The van der Waals surface area contributed by atoms with Crippen molar-refractivity contribution in [2.45, 2.75) is 12.7 Å². The van der Waals surface area contributed by atoms with Gasteiger partial charge in [-0.05, 0) is 42.3 Å². The van der Waals surface area contributed by atoms with Crippen LogP contribution in [0.3, 0.4) is 0 Å². The molecule has 6 rings (SSSR count). The molecule has 3 heterocycles. The Balaban J connectivity index is 1.23. The number of pyridine rings is 1. The van der Waals surface area contributed by atoms with Gasteiger partial charge >= 0.3 is 6.18 Å². The smallest absolute Gasteiger partial charge is 0.350 e. The first kappa shape index (κ1) is 27.6. The summed E-state index contributed by atoms with van der Waals surface area (Å²) in [6.07, 6.45) is -1.10. The minimum absolute atomic E-state index is 0.0533. The van der Waals surface area contributed by atoms with Crippen molar-refractivity contribution in [1.29, 1.82) is 0 Å². The number of nitrogens with one attached hydrogen (secondary N) is 2. The molecule has 0 saturated carbocycles. The van der Waals surface area contributed by atoms with Crippen LogP contribution in [0.1, 0.15) is 11.1 Å². The molecular formula is C30H28F3N7O2. The Bertz CT molecular complexity index is 1850. The monoisotopic (exact) mass is 575 g/mol. The van der Waals surface area contributed by atoms with Crippen LogP contribution in [0, 0.1) is 0 Å². The maximum absolute atomic E-state index is 14.0. The summed E-state index contributed by atoms with van der Waals surface area (Å²) in [6, 6.07) is 13.4. The highest BCUT2D eigenvalue weighted by Crippen LogP contribution is 2.36. The van der Waals surface area contributed by atoms with E-state index >= 15 is 0 Å². The number of nitrogens with zero attached hydrogens (tertiary/aromatic N) is 5. The Kier molecular flexibility index (Phi) is 7.03. The molecule has 0 bridgehead atoms. The number of fused-ring (bicyclic) bond motifs is 1. The van der Waals surface area contributed by atoms with Crippen LogP contribution in [-0.2, 0) is 19.8 Å². The van der Waals surface area contributed by atoms with Crippen LogP contribution in [0.4, 0.5) is 36.1 Å². The van der Waals surface area contributed by atoms with Crippen molar-refractivity contribution in [2.24, 2.45) is 7.05 Å². The molecule has 0 spiro atoms. The maximum Gasteiger partial charge on any atom is 0.416 e. The van der Waals surface area contributed by atoms with Crippen LogP contribution in [0.2, 0.25) is 0 Å². The number of alkyl halides is 3. The normalized spacial score (nSPS) is 15.0. The van der Waals surface area contributed by atoms with Gasteiger partial charge in [0.25, 0.3) is 10.9 Å². The average molecular weight is 576 g/mol. The molecule has 3 aromatic carbocycles. The highest BCUT2D eigenvalue weighted by Gasteiger charge is 2.34. The van der Waals surface area contributed by atoms with E-state index in [0.717, 1.165) is 41.2 Å². The minimum Gasteiger partial charge on any atom is -0.350 e. The zero-order valence-electron chi connectivity index (χ0n) is 23.0. The third-order valence-electron chi connectivity index (χ3n) is 7.65. The predicted molar refractivity (Wildman–Crippen MR) is 156 cm³/mol. The number of aromatic nitrogens is 3. The van der Waals surface area contributed by atoms with E-state index in [9.17, 15) is 22.8 Å². The van der Waals surface area contributed by atoms with Gasteiger partial charge in [-0.3, -0.25) is 24.2 Å². The lowest BCUT2D eigenvalue weighted by atomic mass is 10.0. The molecule has 0 amide bonds. The molecule has 0 unspecified atom stereocenters. The van der Waals surface area contributed by atoms with Gasteiger partial charge in [0, 0.05) is 74.9 Å².